The van der Waals surface area contributed by atoms with Crippen molar-refractivity contribution in [1.29, 1.82) is 0 Å². The summed E-state index contributed by atoms with van der Waals surface area (Å²) in [5.41, 5.74) is 0.693. The van der Waals surface area contributed by atoms with Crippen LogP contribution in [0.3, 0.4) is 0 Å². The summed E-state index contributed by atoms with van der Waals surface area (Å²) in [6.07, 6.45) is 2.93. The van der Waals surface area contributed by atoms with Crippen LogP contribution in [0.2, 0.25) is 5.15 Å². The van der Waals surface area contributed by atoms with E-state index in [2.05, 4.69) is 30.6 Å². The largest absolute Gasteiger partial charge is 0.266 e. The summed E-state index contributed by atoms with van der Waals surface area (Å²) in [4.78, 5) is 7.68. The summed E-state index contributed by atoms with van der Waals surface area (Å²) >= 11 is 9.04. The molecule has 2 rings (SSSR count). The van der Waals surface area contributed by atoms with Gasteiger partial charge in [0.1, 0.15) is 15.9 Å². The maximum atomic E-state index is 12.2. The number of nitrogens with zero attached hydrogens (tertiary/aromatic N) is 2. The highest BCUT2D eigenvalue weighted by Gasteiger charge is 2.19. The standard InChI is InChI=1S/C11H9BrClN3O2S/c1-7-5-8(12)6-15-11(7)16-19(17,18)9-3-2-4-14-10(9)13/h2-6H,1H3,(H,15,16). The van der Waals surface area contributed by atoms with Crippen LogP contribution in [-0.2, 0) is 10.0 Å². The first-order valence-corrected chi connectivity index (χ1v) is 7.81. The molecule has 8 heteroatoms. The van der Waals surface area contributed by atoms with Crippen molar-refractivity contribution >= 4 is 43.4 Å². The van der Waals surface area contributed by atoms with Crippen molar-refractivity contribution in [1.82, 2.24) is 9.97 Å². The zero-order valence-electron chi connectivity index (χ0n) is 9.76. The van der Waals surface area contributed by atoms with Crippen molar-refractivity contribution in [3.63, 3.8) is 0 Å². The first kappa shape index (κ1) is 14.2. The summed E-state index contributed by atoms with van der Waals surface area (Å²) in [5.74, 6) is 0.253. The van der Waals surface area contributed by atoms with Gasteiger partial charge in [-0.1, -0.05) is 11.6 Å². The van der Waals surface area contributed by atoms with E-state index in [1.54, 1.807) is 13.0 Å². The summed E-state index contributed by atoms with van der Waals surface area (Å²) in [6, 6.07) is 4.64. The molecule has 0 saturated carbocycles. The predicted octanol–water partition coefficient (Wildman–Crippen LogP) is 3.00. The van der Waals surface area contributed by atoms with Crippen LogP contribution in [0.1, 0.15) is 5.56 Å². The third-order valence-corrected chi connectivity index (χ3v) is 4.51. The van der Waals surface area contributed by atoms with Gasteiger partial charge in [-0.05, 0) is 46.6 Å². The average Bonchev–Trinajstić information content (AvgIpc) is 2.33. The van der Waals surface area contributed by atoms with E-state index in [9.17, 15) is 8.42 Å². The summed E-state index contributed by atoms with van der Waals surface area (Å²) in [7, 11) is -3.80. The van der Waals surface area contributed by atoms with Crippen LogP contribution >= 0.6 is 27.5 Å². The normalized spacial score (nSPS) is 11.3. The highest BCUT2D eigenvalue weighted by Crippen LogP contribution is 2.23. The van der Waals surface area contributed by atoms with Crippen LogP contribution < -0.4 is 4.72 Å². The maximum absolute atomic E-state index is 12.2. The molecule has 5 nitrogen and oxygen atoms in total. The van der Waals surface area contributed by atoms with Crippen molar-refractivity contribution in [3.05, 3.63) is 45.8 Å². The molecule has 0 aliphatic rings. The molecule has 2 heterocycles. The van der Waals surface area contributed by atoms with E-state index in [-0.39, 0.29) is 15.9 Å². The molecule has 0 atom stereocenters. The number of halogens is 2. The third kappa shape index (κ3) is 3.23. The fourth-order valence-electron chi connectivity index (χ4n) is 1.40. The SMILES string of the molecule is Cc1cc(Br)cnc1NS(=O)(=O)c1cccnc1Cl. The average molecular weight is 363 g/mol. The van der Waals surface area contributed by atoms with Crippen molar-refractivity contribution in [3.8, 4) is 0 Å². The fraction of sp³-hybridized carbons (Fsp3) is 0.0909. The number of sulfonamides is 1. The van der Waals surface area contributed by atoms with Crippen LogP contribution in [-0.4, -0.2) is 18.4 Å². The second-order valence-corrected chi connectivity index (χ2v) is 6.64. The molecule has 2 aromatic heterocycles. The van der Waals surface area contributed by atoms with Crippen LogP contribution in [0, 0.1) is 6.92 Å². The van der Waals surface area contributed by atoms with Gasteiger partial charge in [0.2, 0.25) is 0 Å². The molecule has 0 aliphatic carbocycles. The van der Waals surface area contributed by atoms with Gasteiger partial charge in [-0.25, -0.2) is 18.4 Å². The minimum Gasteiger partial charge on any atom is -0.263 e. The van der Waals surface area contributed by atoms with Crippen molar-refractivity contribution in [2.24, 2.45) is 0 Å². The zero-order chi connectivity index (χ0) is 14.0. The van der Waals surface area contributed by atoms with Gasteiger partial charge >= 0.3 is 0 Å². The Morgan fingerprint density at radius 3 is 2.74 bits per heavy atom. The van der Waals surface area contributed by atoms with Crippen LogP contribution in [0.4, 0.5) is 5.82 Å². The number of nitrogens with one attached hydrogen (secondary N) is 1. The molecule has 2 aromatic rings. The molecule has 0 bridgehead atoms. The number of hydrogen-bond donors (Lipinski definition) is 1. The highest BCUT2D eigenvalue weighted by atomic mass is 79.9. The van der Waals surface area contributed by atoms with Gasteiger partial charge in [0.15, 0.2) is 0 Å². The Hall–Kier alpha value is -1.18. The van der Waals surface area contributed by atoms with Gasteiger partial charge in [-0.2, -0.15) is 0 Å². The summed E-state index contributed by atoms with van der Waals surface area (Å²) in [5, 5.41) is -0.0789. The third-order valence-electron chi connectivity index (χ3n) is 2.29. The minimum absolute atomic E-state index is 0.0789. The summed E-state index contributed by atoms with van der Waals surface area (Å²) < 4.78 is 27.5. The number of rotatable bonds is 3. The van der Waals surface area contributed by atoms with Gasteiger partial charge < -0.3 is 0 Å². The Bertz CT molecular complexity index is 722. The molecule has 19 heavy (non-hydrogen) atoms. The van der Waals surface area contributed by atoms with Crippen LogP contribution in [0.15, 0.2) is 40.0 Å². The van der Waals surface area contributed by atoms with E-state index in [1.165, 1.54) is 24.5 Å². The second kappa shape index (κ2) is 5.44. The molecular weight excluding hydrogens is 354 g/mol. The first-order valence-electron chi connectivity index (χ1n) is 5.15. The molecule has 0 aromatic carbocycles. The Morgan fingerprint density at radius 1 is 1.37 bits per heavy atom. The van der Waals surface area contributed by atoms with Gasteiger partial charge in [0, 0.05) is 16.9 Å². The number of anilines is 1. The number of aromatic nitrogens is 2. The molecule has 0 aliphatic heterocycles. The quantitative estimate of drug-likeness (QED) is 0.852. The van der Waals surface area contributed by atoms with Crippen molar-refractivity contribution in [2.75, 3.05) is 4.72 Å². The monoisotopic (exact) mass is 361 g/mol. The lowest BCUT2D eigenvalue weighted by molar-refractivity contribution is 0.600. The van der Waals surface area contributed by atoms with Crippen molar-refractivity contribution < 1.29 is 8.42 Å². The van der Waals surface area contributed by atoms with Crippen molar-refractivity contribution in [2.45, 2.75) is 11.8 Å². The number of aryl methyl sites for hydroxylation is 1. The topological polar surface area (TPSA) is 72.0 Å². The van der Waals surface area contributed by atoms with Gasteiger partial charge in [-0.15, -0.1) is 0 Å². The molecule has 0 spiro atoms. The molecular formula is C11H9BrClN3O2S. The maximum Gasteiger partial charge on any atom is 0.266 e. The fourth-order valence-corrected chi connectivity index (χ4v) is 3.38. The molecule has 0 amide bonds. The second-order valence-electron chi connectivity index (χ2n) is 3.72. The summed E-state index contributed by atoms with van der Waals surface area (Å²) in [6.45, 7) is 1.75. The molecule has 0 saturated heterocycles. The Kier molecular flexibility index (Phi) is 4.07. The lowest BCUT2D eigenvalue weighted by Crippen LogP contribution is -2.15. The Morgan fingerprint density at radius 2 is 2.11 bits per heavy atom. The first-order chi connectivity index (χ1) is 8.90. The van der Waals surface area contributed by atoms with E-state index in [1.807, 2.05) is 0 Å². The highest BCUT2D eigenvalue weighted by molar-refractivity contribution is 9.10. The van der Waals surface area contributed by atoms with E-state index in [4.69, 9.17) is 11.6 Å². The lowest BCUT2D eigenvalue weighted by atomic mass is 10.3. The predicted molar refractivity (Wildman–Crippen MR) is 76.7 cm³/mol. The molecule has 0 unspecified atom stereocenters. The van der Waals surface area contributed by atoms with E-state index in [0.717, 1.165) is 4.47 Å². The zero-order valence-corrected chi connectivity index (χ0v) is 12.9. The Balaban J connectivity index is 2.40. The van der Waals surface area contributed by atoms with Crippen LogP contribution in [0.5, 0.6) is 0 Å². The van der Waals surface area contributed by atoms with E-state index < -0.39 is 10.0 Å². The Labute approximate surface area is 124 Å². The van der Waals surface area contributed by atoms with Gasteiger partial charge in [0.25, 0.3) is 10.0 Å². The lowest BCUT2D eigenvalue weighted by Gasteiger charge is -2.10. The number of pyridine rings is 2. The van der Waals surface area contributed by atoms with Gasteiger partial charge in [-0.3, -0.25) is 4.72 Å². The van der Waals surface area contributed by atoms with Gasteiger partial charge in [0.05, 0.1) is 0 Å². The van der Waals surface area contributed by atoms with E-state index >= 15 is 0 Å². The molecule has 0 fully saturated rings. The smallest absolute Gasteiger partial charge is 0.263 e. The molecule has 1 N–H and O–H groups in total. The minimum atomic E-state index is -3.80. The van der Waals surface area contributed by atoms with E-state index in [0.29, 0.717) is 5.56 Å². The number of hydrogen-bond acceptors (Lipinski definition) is 4. The molecule has 100 valence electrons. The molecule has 0 radical (unpaired) electrons. The van der Waals surface area contributed by atoms with Crippen LogP contribution in [0.25, 0.3) is 0 Å².